The molecule has 1 saturated heterocycles. The molecule has 1 aromatic heterocycles. The summed E-state index contributed by atoms with van der Waals surface area (Å²) < 4.78 is 38.7. The number of carbonyl (C=O) groups is 1. The number of aromatic nitrogens is 1. The molecule has 1 fully saturated rings. The van der Waals surface area contributed by atoms with Gasteiger partial charge in [-0.3, -0.25) is 4.79 Å². The molecule has 0 radical (unpaired) electrons. The lowest BCUT2D eigenvalue weighted by molar-refractivity contribution is -0.137. The number of hydrogen-bond donors (Lipinski definition) is 1. The summed E-state index contributed by atoms with van der Waals surface area (Å²) in [6.07, 6.45) is -3.59. The molecule has 2 aromatic rings. The van der Waals surface area contributed by atoms with E-state index in [4.69, 9.17) is 4.98 Å². The predicted octanol–water partition coefficient (Wildman–Crippen LogP) is 3.64. The minimum atomic E-state index is -4.36. The summed E-state index contributed by atoms with van der Waals surface area (Å²) in [6.45, 7) is 4.71. The molecule has 8 heteroatoms. The van der Waals surface area contributed by atoms with E-state index in [1.54, 1.807) is 0 Å². The van der Waals surface area contributed by atoms with Crippen molar-refractivity contribution in [2.45, 2.75) is 38.5 Å². The van der Waals surface area contributed by atoms with Crippen molar-refractivity contribution in [2.75, 3.05) is 22.9 Å². The van der Waals surface area contributed by atoms with Gasteiger partial charge >= 0.3 is 6.18 Å². The van der Waals surface area contributed by atoms with Crippen molar-refractivity contribution in [3.05, 3.63) is 47.7 Å². The van der Waals surface area contributed by atoms with E-state index in [0.717, 1.165) is 35.8 Å². The first-order chi connectivity index (χ1) is 13.2. The highest BCUT2D eigenvalue weighted by Crippen LogP contribution is 2.42. The number of hydrogen-bond acceptors (Lipinski definition) is 4. The first kappa shape index (κ1) is 18.6. The van der Waals surface area contributed by atoms with Gasteiger partial charge in [0, 0.05) is 37.4 Å². The smallest absolute Gasteiger partial charge is 0.352 e. The number of fused-ring (bicyclic) bond motifs is 3. The number of rotatable bonds is 2. The molecule has 0 bridgehead atoms. The highest BCUT2D eigenvalue weighted by Gasteiger charge is 2.40. The van der Waals surface area contributed by atoms with Crippen molar-refractivity contribution in [1.82, 2.24) is 10.3 Å². The van der Waals surface area contributed by atoms with Gasteiger partial charge in [-0.1, -0.05) is 0 Å². The number of pyridine rings is 1. The maximum Gasteiger partial charge on any atom is 0.416 e. The average molecular weight is 390 g/mol. The zero-order valence-corrected chi connectivity index (χ0v) is 15.6. The largest absolute Gasteiger partial charge is 0.416 e. The number of carbonyl (C=O) groups excluding carboxylic acids is 1. The third-order valence-electron chi connectivity index (χ3n) is 5.28. The molecule has 148 valence electrons. The second-order valence-corrected chi connectivity index (χ2v) is 7.39. The molecule has 1 amide bonds. The molecule has 3 heterocycles. The van der Waals surface area contributed by atoms with E-state index < -0.39 is 11.7 Å². The van der Waals surface area contributed by atoms with Gasteiger partial charge in [-0.2, -0.15) is 13.2 Å². The molecular formula is C20H21F3N4O. The first-order valence-corrected chi connectivity index (χ1v) is 9.18. The lowest BCUT2D eigenvalue weighted by atomic mass is 10.1. The zero-order chi connectivity index (χ0) is 20.1. The van der Waals surface area contributed by atoms with E-state index in [-0.39, 0.29) is 18.0 Å². The molecule has 2 atom stereocenters. The fourth-order valence-electron chi connectivity index (χ4n) is 4.08. The minimum absolute atomic E-state index is 0.0326. The summed E-state index contributed by atoms with van der Waals surface area (Å²) >= 11 is 0. The van der Waals surface area contributed by atoms with Gasteiger partial charge in [-0.15, -0.1) is 0 Å². The van der Waals surface area contributed by atoms with Crippen LogP contribution >= 0.6 is 0 Å². The van der Waals surface area contributed by atoms with Crippen LogP contribution in [0.25, 0.3) is 0 Å². The molecule has 1 N–H and O–H groups in total. The molecule has 28 heavy (non-hydrogen) atoms. The van der Waals surface area contributed by atoms with E-state index in [2.05, 4.69) is 10.2 Å². The Balaban J connectivity index is 1.69. The lowest BCUT2D eigenvalue weighted by Crippen LogP contribution is -2.44. The van der Waals surface area contributed by atoms with Gasteiger partial charge in [0.05, 0.1) is 17.3 Å². The third-order valence-corrected chi connectivity index (χ3v) is 5.28. The minimum Gasteiger partial charge on any atom is -0.352 e. The Morgan fingerprint density at radius 3 is 2.50 bits per heavy atom. The second kappa shape index (κ2) is 6.68. The fraction of sp³-hybridized carbons (Fsp3) is 0.400. The van der Waals surface area contributed by atoms with Gasteiger partial charge in [0.15, 0.2) is 5.82 Å². The number of aryl methyl sites for hydroxylation is 1. The van der Waals surface area contributed by atoms with E-state index in [0.29, 0.717) is 18.8 Å². The normalized spacial score (nSPS) is 21.3. The predicted molar refractivity (Wildman–Crippen MR) is 101 cm³/mol. The van der Waals surface area contributed by atoms with Crippen LogP contribution < -0.4 is 15.1 Å². The number of nitrogens with one attached hydrogen (secondary N) is 1. The van der Waals surface area contributed by atoms with E-state index in [1.165, 1.54) is 19.1 Å². The standard InChI is InChI=1S/C20H21F3N4O/c1-12-3-8-18-19(24-12)27-10-15(25-13(2)28)9-17(27)11-26(18)16-6-4-14(5-7-16)20(21,22)23/h3-8,15,17H,9-11H2,1-2H3,(H,25,28)/t15-,17-/m1/s1. The van der Waals surface area contributed by atoms with Crippen LogP contribution in [-0.2, 0) is 11.0 Å². The highest BCUT2D eigenvalue weighted by atomic mass is 19.4. The van der Waals surface area contributed by atoms with Crippen molar-refractivity contribution in [3.63, 3.8) is 0 Å². The van der Waals surface area contributed by atoms with Crippen molar-refractivity contribution >= 4 is 23.1 Å². The van der Waals surface area contributed by atoms with Crippen LogP contribution in [0.15, 0.2) is 36.4 Å². The fourth-order valence-corrected chi connectivity index (χ4v) is 4.08. The van der Waals surface area contributed by atoms with Gasteiger partial charge in [0.2, 0.25) is 5.91 Å². The average Bonchev–Trinajstić information content (AvgIpc) is 3.02. The van der Waals surface area contributed by atoms with Crippen LogP contribution in [0.1, 0.15) is 24.6 Å². The van der Waals surface area contributed by atoms with Crippen molar-refractivity contribution in [1.29, 1.82) is 0 Å². The molecule has 0 aliphatic carbocycles. The Labute approximate surface area is 161 Å². The van der Waals surface area contributed by atoms with Gasteiger partial charge in [0.1, 0.15) is 0 Å². The van der Waals surface area contributed by atoms with E-state index >= 15 is 0 Å². The van der Waals surface area contributed by atoms with Crippen LogP contribution in [0.5, 0.6) is 0 Å². The molecule has 0 spiro atoms. The van der Waals surface area contributed by atoms with Crippen molar-refractivity contribution < 1.29 is 18.0 Å². The topological polar surface area (TPSA) is 48.5 Å². The summed E-state index contributed by atoms with van der Waals surface area (Å²) in [7, 11) is 0. The van der Waals surface area contributed by atoms with Crippen LogP contribution in [0.4, 0.5) is 30.4 Å². The molecule has 5 nitrogen and oxygen atoms in total. The van der Waals surface area contributed by atoms with E-state index in [9.17, 15) is 18.0 Å². The molecule has 2 aliphatic heterocycles. The van der Waals surface area contributed by atoms with Crippen LogP contribution in [0.2, 0.25) is 0 Å². The maximum atomic E-state index is 12.9. The number of nitrogens with zero attached hydrogens (tertiary/aromatic N) is 3. The Kier molecular flexibility index (Phi) is 4.44. The zero-order valence-electron chi connectivity index (χ0n) is 15.6. The lowest BCUT2D eigenvalue weighted by Gasteiger charge is -2.40. The summed E-state index contributed by atoms with van der Waals surface area (Å²) in [6, 6.07) is 9.24. The molecule has 0 unspecified atom stereocenters. The molecule has 2 aliphatic rings. The summed E-state index contributed by atoms with van der Waals surface area (Å²) in [5.74, 6) is 0.742. The van der Waals surface area contributed by atoms with Gasteiger partial charge in [-0.25, -0.2) is 4.98 Å². The Morgan fingerprint density at radius 2 is 1.86 bits per heavy atom. The monoisotopic (exact) mass is 390 g/mol. The number of alkyl halides is 3. The highest BCUT2D eigenvalue weighted by molar-refractivity contribution is 5.78. The second-order valence-electron chi connectivity index (χ2n) is 7.39. The van der Waals surface area contributed by atoms with Crippen LogP contribution in [-0.4, -0.2) is 36.1 Å². The van der Waals surface area contributed by atoms with Gasteiger partial charge in [0.25, 0.3) is 0 Å². The van der Waals surface area contributed by atoms with Crippen molar-refractivity contribution in [3.8, 4) is 0 Å². The maximum absolute atomic E-state index is 12.9. The number of benzene rings is 1. The summed E-state index contributed by atoms with van der Waals surface area (Å²) in [5.41, 5.74) is 1.77. The molecule has 0 saturated carbocycles. The first-order valence-electron chi connectivity index (χ1n) is 9.18. The van der Waals surface area contributed by atoms with Gasteiger partial charge in [-0.05, 0) is 49.7 Å². The molecule has 1 aromatic carbocycles. The van der Waals surface area contributed by atoms with Crippen molar-refractivity contribution in [2.24, 2.45) is 0 Å². The Morgan fingerprint density at radius 1 is 1.14 bits per heavy atom. The third kappa shape index (κ3) is 3.39. The van der Waals surface area contributed by atoms with Gasteiger partial charge < -0.3 is 15.1 Å². The summed E-state index contributed by atoms with van der Waals surface area (Å²) in [5, 5.41) is 2.97. The molecule has 4 rings (SSSR count). The number of amides is 1. The van der Waals surface area contributed by atoms with Crippen LogP contribution in [0.3, 0.4) is 0 Å². The molecular weight excluding hydrogens is 369 g/mol. The number of anilines is 3. The SMILES string of the molecule is CC(=O)N[C@@H]1C[C@@H]2CN(c3ccc(C(F)(F)F)cc3)c3ccc(C)nc3N2C1. The van der Waals surface area contributed by atoms with Crippen LogP contribution in [0, 0.1) is 6.92 Å². The summed E-state index contributed by atoms with van der Waals surface area (Å²) in [4.78, 5) is 20.4. The quantitative estimate of drug-likeness (QED) is 0.851. The Bertz CT molecular complexity index is 897. The Hall–Kier alpha value is -2.77. The number of halogens is 3. The van der Waals surface area contributed by atoms with E-state index in [1.807, 2.05) is 24.0 Å².